The molecule has 3 rings (SSSR count). The van der Waals surface area contributed by atoms with Crippen molar-refractivity contribution in [2.75, 3.05) is 39.5 Å². The predicted octanol–water partition coefficient (Wildman–Crippen LogP) is 1.99. The minimum Gasteiger partial charge on any atom is -0.475 e. The molecule has 0 unspecified atom stereocenters. The number of carbonyl (C=O) groups is 2. The highest BCUT2D eigenvalue weighted by atomic mass is 32.2. The van der Waals surface area contributed by atoms with E-state index in [0.717, 1.165) is 12.8 Å². The Hall–Kier alpha value is -2.82. The standard InChI is InChI=1S/C21H31FN4O5S.C2HF3O2/c1-21(20(27)25-17-4-10-30-11-5-17)6-8-26(9-7-21)32(28,29)18-2-3-19(24-14-18)31-15-16(12-22)13-23;3-2(4,5)1(6)7/h2-3,12,14,17H,4-11,13,15,23H2,1H3,(H,25,27);(H,6,7)/b16-12-;. The second kappa shape index (κ2) is 14.0. The van der Waals surface area contributed by atoms with Crippen LogP contribution in [0, 0.1) is 5.41 Å². The van der Waals surface area contributed by atoms with Crippen molar-refractivity contribution < 1.29 is 50.1 Å². The number of sulfonamides is 1. The molecule has 16 heteroatoms. The minimum atomic E-state index is -5.08. The van der Waals surface area contributed by atoms with Gasteiger partial charge in [0.15, 0.2) is 0 Å². The SMILES string of the molecule is CC1(C(=O)NC2CCOCC2)CCN(S(=O)(=O)c2ccc(OC/C(=C\F)CN)nc2)CC1.O=C(O)C(F)(F)F. The number of halogens is 4. The molecule has 0 atom stereocenters. The highest BCUT2D eigenvalue weighted by Crippen LogP contribution is 2.34. The maximum absolute atomic E-state index is 13.0. The van der Waals surface area contributed by atoms with Gasteiger partial charge in [-0.05, 0) is 31.7 Å². The molecular weight excluding hydrogens is 552 g/mol. The molecule has 2 saturated heterocycles. The average Bonchev–Trinajstić information content (AvgIpc) is 2.90. The first-order valence-corrected chi connectivity index (χ1v) is 13.4. The van der Waals surface area contributed by atoms with Crippen LogP contribution >= 0.6 is 0 Å². The number of rotatable bonds is 8. The van der Waals surface area contributed by atoms with Crippen molar-refractivity contribution in [3.8, 4) is 5.88 Å². The maximum Gasteiger partial charge on any atom is 0.490 e. The topological polar surface area (TPSA) is 161 Å². The van der Waals surface area contributed by atoms with Crippen LogP contribution in [0.5, 0.6) is 5.88 Å². The molecule has 1 aromatic rings. The summed E-state index contributed by atoms with van der Waals surface area (Å²) in [5, 5.41) is 10.2. The average molecular weight is 585 g/mol. The molecule has 0 radical (unpaired) electrons. The normalized spacial score (nSPS) is 19.0. The molecule has 0 spiro atoms. The van der Waals surface area contributed by atoms with Crippen molar-refractivity contribution in [1.82, 2.24) is 14.6 Å². The van der Waals surface area contributed by atoms with E-state index in [1.807, 2.05) is 6.92 Å². The van der Waals surface area contributed by atoms with Crippen molar-refractivity contribution >= 4 is 21.9 Å². The van der Waals surface area contributed by atoms with Gasteiger partial charge in [-0.25, -0.2) is 22.6 Å². The number of carbonyl (C=O) groups excluding carboxylic acids is 1. The third kappa shape index (κ3) is 9.40. The van der Waals surface area contributed by atoms with Crippen LogP contribution in [0.3, 0.4) is 0 Å². The number of aromatic nitrogens is 1. The van der Waals surface area contributed by atoms with Gasteiger partial charge >= 0.3 is 12.1 Å². The monoisotopic (exact) mass is 584 g/mol. The first-order chi connectivity index (χ1) is 18.2. The van der Waals surface area contributed by atoms with Crippen molar-refractivity contribution in [2.45, 2.75) is 49.7 Å². The van der Waals surface area contributed by atoms with Crippen molar-refractivity contribution in [2.24, 2.45) is 11.1 Å². The Kier molecular flexibility index (Phi) is 11.6. The fraction of sp³-hybridized carbons (Fsp3) is 0.609. The van der Waals surface area contributed by atoms with E-state index in [0.29, 0.717) is 32.4 Å². The minimum absolute atomic E-state index is 0.0178. The van der Waals surface area contributed by atoms with E-state index in [1.54, 1.807) is 0 Å². The molecule has 0 bridgehead atoms. The van der Waals surface area contributed by atoms with Gasteiger partial charge in [0.1, 0.15) is 11.5 Å². The number of hydrogen-bond donors (Lipinski definition) is 3. The Labute approximate surface area is 223 Å². The van der Waals surface area contributed by atoms with E-state index >= 15 is 0 Å². The van der Waals surface area contributed by atoms with Crippen LogP contribution in [-0.4, -0.2) is 86.4 Å². The van der Waals surface area contributed by atoms with E-state index in [9.17, 15) is 30.8 Å². The quantitative estimate of drug-likeness (QED) is 0.388. The number of hydrogen-bond acceptors (Lipinski definition) is 8. The number of aliphatic carboxylic acids is 1. The van der Waals surface area contributed by atoms with Crippen LogP contribution in [0.15, 0.2) is 35.1 Å². The number of ether oxygens (including phenoxy) is 2. The summed E-state index contributed by atoms with van der Waals surface area (Å²) in [6.45, 7) is 3.63. The lowest BCUT2D eigenvalue weighted by atomic mass is 9.80. The molecule has 11 nitrogen and oxygen atoms in total. The van der Waals surface area contributed by atoms with Crippen LogP contribution in [0.2, 0.25) is 0 Å². The summed E-state index contributed by atoms with van der Waals surface area (Å²) in [7, 11) is -3.75. The molecule has 2 aliphatic heterocycles. The Bertz CT molecular complexity index is 1100. The lowest BCUT2D eigenvalue weighted by Crippen LogP contribution is -2.51. The molecule has 2 fully saturated rings. The summed E-state index contributed by atoms with van der Waals surface area (Å²) < 4.78 is 82.3. The fourth-order valence-corrected chi connectivity index (χ4v) is 5.09. The number of carboxylic acids is 1. The number of nitrogens with zero attached hydrogens (tertiary/aromatic N) is 2. The smallest absolute Gasteiger partial charge is 0.475 e. The van der Waals surface area contributed by atoms with Gasteiger partial charge in [0.2, 0.25) is 21.8 Å². The van der Waals surface area contributed by atoms with Gasteiger partial charge in [0.25, 0.3) is 0 Å². The Balaban J connectivity index is 0.000000673. The molecule has 1 aromatic heterocycles. The van der Waals surface area contributed by atoms with Crippen LogP contribution in [0.25, 0.3) is 0 Å². The zero-order valence-electron chi connectivity index (χ0n) is 21.2. The first kappa shape index (κ1) is 32.4. The molecule has 4 N–H and O–H groups in total. The summed E-state index contributed by atoms with van der Waals surface area (Å²) in [5.41, 5.74) is 5.03. The van der Waals surface area contributed by atoms with Crippen molar-refractivity contribution in [1.29, 1.82) is 0 Å². The molecule has 1 amide bonds. The Morgan fingerprint density at radius 2 is 1.87 bits per heavy atom. The van der Waals surface area contributed by atoms with Gasteiger partial charge in [0.05, 0.1) is 12.5 Å². The lowest BCUT2D eigenvalue weighted by molar-refractivity contribution is -0.192. The predicted molar refractivity (Wildman–Crippen MR) is 130 cm³/mol. The maximum atomic E-state index is 13.0. The van der Waals surface area contributed by atoms with Crippen LogP contribution in [0.1, 0.15) is 32.6 Å². The van der Waals surface area contributed by atoms with Crippen LogP contribution in [0.4, 0.5) is 17.6 Å². The summed E-state index contributed by atoms with van der Waals surface area (Å²) in [5.74, 6) is -2.61. The zero-order valence-corrected chi connectivity index (χ0v) is 22.1. The summed E-state index contributed by atoms with van der Waals surface area (Å²) in [6.07, 6.45) is -1.01. The zero-order chi connectivity index (χ0) is 29.3. The van der Waals surface area contributed by atoms with E-state index in [4.69, 9.17) is 25.1 Å². The number of piperidine rings is 1. The first-order valence-electron chi connectivity index (χ1n) is 12.0. The number of amides is 1. The van der Waals surface area contributed by atoms with Gasteiger partial charge < -0.3 is 25.6 Å². The molecule has 0 aromatic carbocycles. The molecule has 0 saturated carbocycles. The number of alkyl halides is 3. The fourth-order valence-electron chi connectivity index (χ4n) is 3.70. The number of nitrogens with two attached hydrogens (primary N) is 1. The van der Waals surface area contributed by atoms with E-state index in [1.165, 1.54) is 22.6 Å². The van der Waals surface area contributed by atoms with E-state index in [2.05, 4.69) is 10.3 Å². The highest BCUT2D eigenvalue weighted by molar-refractivity contribution is 7.89. The molecule has 3 heterocycles. The van der Waals surface area contributed by atoms with Gasteiger partial charge in [-0.1, -0.05) is 6.92 Å². The highest BCUT2D eigenvalue weighted by Gasteiger charge is 2.41. The largest absolute Gasteiger partial charge is 0.490 e. The lowest BCUT2D eigenvalue weighted by Gasteiger charge is -2.38. The second-order valence-electron chi connectivity index (χ2n) is 9.22. The molecular formula is C23H32F4N4O7S. The second-order valence-corrected chi connectivity index (χ2v) is 11.2. The third-order valence-corrected chi connectivity index (χ3v) is 8.22. The Morgan fingerprint density at radius 1 is 1.28 bits per heavy atom. The summed E-state index contributed by atoms with van der Waals surface area (Å²) in [4.78, 5) is 25.8. The summed E-state index contributed by atoms with van der Waals surface area (Å²) >= 11 is 0. The van der Waals surface area contributed by atoms with Crippen LogP contribution in [-0.2, 0) is 24.3 Å². The Morgan fingerprint density at radius 3 is 2.33 bits per heavy atom. The summed E-state index contributed by atoms with van der Waals surface area (Å²) in [6, 6.07) is 2.95. The van der Waals surface area contributed by atoms with Crippen molar-refractivity contribution in [3.05, 3.63) is 30.2 Å². The van der Waals surface area contributed by atoms with E-state index in [-0.39, 0.29) is 54.5 Å². The van der Waals surface area contributed by atoms with Gasteiger partial charge in [-0.15, -0.1) is 0 Å². The molecule has 220 valence electrons. The number of nitrogens with one attached hydrogen (secondary N) is 1. The van der Waals surface area contributed by atoms with Gasteiger partial charge in [-0.3, -0.25) is 4.79 Å². The molecule has 39 heavy (non-hydrogen) atoms. The van der Waals surface area contributed by atoms with Gasteiger partial charge in [-0.2, -0.15) is 17.5 Å². The molecule has 0 aliphatic carbocycles. The van der Waals surface area contributed by atoms with E-state index < -0.39 is 27.6 Å². The van der Waals surface area contributed by atoms with Crippen molar-refractivity contribution in [3.63, 3.8) is 0 Å². The number of carboxylic acid groups (broad SMARTS) is 1. The number of pyridine rings is 1. The molecule has 2 aliphatic rings. The third-order valence-electron chi connectivity index (χ3n) is 6.34. The van der Waals surface area contributed by atoms with Crippen LogP contribution < -0.4 is 15.8 Å². The van der Waals surface area contributed by atoms with Gasteiger partial charge in [0, 0.05) is 55.9 Å².